The third-order valence-electron chi connectivity index (χ3n) is 9.74. The molecule has 4 saturated heterocycles. The van der Waals surface area contributed by atoms with Gasteiger partial charge in [-0.15, -0.1) is 0 Å². The van der Waals surface area contributed by atoms with Gasteiger partial charge in [-0.1, -0.05) is 0 Å². The summed E-state index contributed by atoms with van der Waals surface area (Å²) in [7, 11) is 0. The molecule has 43 heavy (non-hydrogen) atoms. The summed E-state index contributed by atoms with van der Waals surface area (Å²) >= 11 is 0. The molecule has 0 aromatic heterocycles. The first-order chi connectivity index (χ1) is 20.9. The van der Waals surface area contributed by atoms with Crippen LogP contribution in [-0.2, 0) is 42.7 Å². The molecule has 1 aromatic carbocycles. The molecule has 2 saturated carbocycles. The Morgan fingerprint density at radius 1 is 0.698 bits per heavy atom. The van der Waals surface area contributed by atoms with E-state index in [2.05, 4.69) is 0 Å². The number of phenols is 2. The molecular weight excluding hydrogens is 560 g/mol. The van der Waals surface area contributed by atoms with Gasteiger partial charge in [-0.25, -0.2) is 0 Å². The van der Waals surface area contributed by atoms with Crippen molar-refractivity contribution in [3.05, 3.63) is 23.3 Å². The molecule has 10 atom stereocenters. The fraction of sp³-hybridized carbons (Fsp3) is 0.750. The summed E-state index contributed by atoms with van der Waals surface area (Å²) in [5.74, 6) is 0.766. The van der Waals surface area contributed by atoms with Gasteiger partial charge in [0, 0.05) is 18.4 Å². The number of esters is 2. The smallest absolute Gasteiger partial charge is 0.305 e. The summed E-state index contributed by atoms with van der Waals surface area (Å²) in [4.78, 5) is 23.6. The number of unbranched alkanes of at least 4 members (excludes halogenated alkanes) is 1. The van der Waals surface area contributed by atoms with Crippen LogP contribution in [0.5, 0.6) is 11.5 Å². The Labute approximate surface area is 251 Å². The fourth-order valence-electron chi connectivity index (χ4n) is 6.87. The van der Waals surface area contributed by atoms with E-state index < -0.39 is 0 Å². The minimum absolute atomic E-state index is 0.00796. The second-order valence-electron chi connectivity index (χ2n) is 13.0. The van der Waals surface area contributed by atoms with Gasteiger partial charge in [0.05, 0.1) is 56.4 Å². The van der Waals surface area contributed by atoms with Crippen molar-refractivity contribution in [3.63, 3.8) is 0 Å². The fourth-order valence-corrected chi connectivity index (χ4v) is 6.87. The van der Waals surface area contributed by atoms with Crippen LogP contribution in [0.1, 0.15) is 87.5 Å². The van der Waals surface area contributed by atoms with E-state index in [4.69, 9.17) is 33.2 Å². The molecule has 236 valence electrons. The lowest BCUT2D eigenvalue weighted by molar-refractivity contribution is -0.147. The SMILES string of the molecule is O=C(CCCCC(=O)OCC1CCC2OC2C1)OCC1CCC2OC2C1.Oc1ccc2c(O)c1C1OC1COCC1OC21. The number of phenolic OH excluding ortho intramolecular Hbond substituents is 2. The molecule has 5 heterocycles. The maximum Gasteiger partial charge on any atom is 0.305 e. The molecule has 11 heteroatoms. The van der Waals surface area contributed by atoms with E-state index in [-0.39, 0.29) is 47.9 Å². The van der Waals surface area contributed by atoms with Crippen molar-refractivity contribution in [2.24, 2.45) is 11.8 Å². The number of carbonyl (C=O) groups is 2. The highest BCUT2D eigenvalue weighted by molar-refractivity contribution is 5.70. The summed E-state index contributed by atoms with van der Waals surface area (Å²) in [5, 5.41) is 20.0. The lowest BCUT2D eigenvalue weighted by Gasteiger charge is -2.18. The third-order valence-corrected chi connectivity index (χ3v) is 9.74. The molecule has 7 aliphatic rings. The first kappa shape index (κ1) is 29.3. The van der Waals surface area contributed by atoms with Crippen LogP contribution in [0, 0.1) is 11.8 Å². The van der Waals surface area contributed by atoms with Crippen molar-refractivity contribution in [3.8, 4) is 11.5 Å². The van der Waals surface area contributed by atoms with Gasteiger partial charge in [0.15, 0.2) is 0 Å². The first-order valence-corrected chi connectivity index (χ1v) is 16.0. The van der Waals surface area contributed by atoms with Crippen molar-refractivity contribution in [2.45, 2.75) is 113 Å². The zero-order valence-corrected chi connectivity index (χ0v) is 24.4. The van der Waals surface area contributed by atoms with E-state index in [1.807, 2.05) is 0 Å². The molecule has 2 N–H and O–H groups in total. The Hall–Kier alpha value is -2.44. The minimum Gasteiger partial charge on any atom is -0.507 e. The van der Waals surface area contributed by atoms with Gasteiger partial charge >= 0.3 is 11.9 Å². The van der Waals surface area contributed by atoms with Crippen molar-refractivity contribution in [2.75, 3.05) is 26.4 Å². The predicted octanol–water partition coefficient (Wildman–Crippen LogP) is 3.78. The number of ether oxygens (including phenoxy) is 7. The number of hydrogen-bond donors (Lipinski definition) is 2. The number of fused-ring (bicyclic) bond motifs is 8. The number of aromatic hydroxyl groups is 2. The van der Waals surface area contributed by atoms with Crippen LogP contribution in [-0.4, -0.2) is 85.2 Å². The second kappa shape index (κ2) is 12.5. The first-order valence-electron chi connectivity index (χ1n) is 16.0. The van der Waals surface area contributed by atoms with Gasteiger partial charge in [-0.2, -0.15) is 0 Å². The molecule has 5 aliphatic heterocycles. The van der Waals surface area contributed by atoms with Gasteiger partial charge in [-0.3, -0.25) is 9.59 Å². The van der Waals surface area contributed by atoms with Gasteiger partial charge < -0.3 is 43.4 Å². The van der Waals surface area contributed by atoms with Crippen LogP contribution < -0.4 is 0 Å². The van der Waals surface area contributed by atoms with Crippen LogP contribution in [0.4, 0.5) is 0 Å². The maximum absolute atomic E-state index is 11.8. The van der Waals surface area contributed by atoms with Crippen LogP contribution in [0.25, 0.3) is 0 Å². The van der Waals surface area contributed by atoms with E-state index in [9.17, 15) is 19.8 Å². The zero-order valence-electron chi connectivity index (χ0n) is 24.4. The van der Waals surface area contributed by atoms with Crippen LogP contribution >= 0.6 is 0 Å². The van der Waals surface area contributed by atoms with Crippen molar-refractivity contribution in [1.82, 2.24) is 0 Å². The van der Waals surface area contributed by atoms with E-state index >= 15 is 0 Å². The Kier molecular flexibility index (Phi) is 8.52. The summed E-state index contributed by atoms with van der Waals surface area (Å²) < 4.78 is 38.1. The maximum atomic E-state index is 11.8. The van der Waals surface area contributed by atoms with E-state index in [0.717, 1.165) is 38.5 Å². The molecule has 6 fully saturated rings. The quantitative estimate of drug-likeness (QED) is 0.241. The Morgan fingerprint density at radius 3 is 1.84 bits per heavy atom. The van der Waals surface area contributed by atoms with E-state index in [0.29, 0.717) is 99.5 Å². The standard InChI is InChI=1S/C20H30O6.C12H12O5/c21-19(23-11-13-5-7-15-17(9-13)25-15)3-1-2-4-20(22)24-12-14-6-8-16-18(10-14)26-16;13-6-2-1-5-10(14)9(6)12-8(17-12)4-15-3-7-11(5)16-7/h13-18H,1-12H2;1-2,7-8,11-14H,3-4H2. The number of benzene rings is 1. The topological polar surface area (TPSA) is 152 Å². The monoisotopic (exact) mass is 602 g/mol. The highest BCUT2D eigenvalue weighted by Gasteiger charge is 2.49. The van der Waals surface area contributed by atoms with Crippen molar-refractivity contribution >= 4 is 11.9 Å². The van der Waals surface area contributed by atoms with Crippen LogP contribution in [0.2, 0.25) is 0 Å². The molecule has 0 spiro atoms. The Bertz CT molecular complexity index is 1140. The molecule has 1 aromatic rings. The third kappa shape index (κ3) is 7.28. The molecule has 2 bridgehead atoms. The summed E-state index contributed by atoms with van der Waals surface area (Å²) in [6, 6.07) is 3.28. The van der Waals surface area contributed by atoms with E-state index in [1.54, 1.807) is 12.1 Å². The number of rotatable bonds is 9. The highest BCUT2D eigenvalue weighted by atomic mass is 16.6. The molecule has 0 radical (unpaired) electrons. The number of epoxide rings is 4. The van der Waals surface area contributed by atoms with Crippen LogP contribution in [0.3, 0.4) is 0 Å². The van der Waals surface area contributed by atoms with Gasteiger partial charge in [0.1, 0.15) is 35.9 Å². The lowest BCUT2D eigenvalue weighted by Crippen LogP contribution is -2.20. The zero-order chi connectivity index (χ0) is 29.5. The minimum atomic E-state index is -0.259. The molecule has 2 aliphatic carbocycles. The Morgan fingerprint density at radius 2 is 1.26 bits per heavy atom. The molecular formula is C32H42O11. The van der Waals surface area contributed by atoms with Gasteiger partial charge in [0.25, 0.3) is 0 Å². The molecule has 0 amide bonds. The average Bonchev–Trinajstić information content (AvgIpc) is 3.79. The Balaban J connectivity index is 0.000000152. The lowest BCUT2D eigenvalue weighted by atomic mass is 9.90. The normalized spacial score (nSPS) is 37.5. The second-order valence-corrected chi connectivity index (χ2v) is 13.0. The summed E-state index contributed by atoms with van der Waals surface area (Å²) in [5.41, 5.74) is 1.18. The van der Waals surface area contributed by atoms with Gasteiger partial charge in [0.2, 0.25) is 0 Å². The van der Waals surface area contributed by atoms with Crippen LogP contribution in [0.15, 0.2) is 12.1 Å². The molecule has 11 nitrogen and oxygen atoms in total. The summed E-state index contributed by atoms with van der Waals surface area (Å²) in [6.45, 7) is 2.02. The molecule has 10 unspecified atom stereocenters. The number of carbonyl (C=O) groups excluding carboxylic acids is 2. The predicted molar refractivity (Wildman–Crippen MR) is 148 cm³/mol. The largest absolute Gasteiger partial charge is 0.507 e. The highest BCUT2D eigenvalue weighted by Crippen LogP contribution is 2.53. The van der Waals surface area contributed by atoms with Gasteiger partial charge in [-0.05, 0) is 75.3 Å². The van der Waals surface area contributed by atoms with E-state index in [1.165, 1.54) is 0 Å². The summed E-state index contributed by atoms with van der Waals surface area (Å²) in [6.07, 6.45) is 9.92. The van der Waals surface area contributed by atoms with Crippen molar-refractivity contribution in [1.29, 1.82) is 0 Å². The number of hydrogen-bond acceptors (Lipinski definition) is 11. The average molecular weight is 603 g/mol. The molecule has 8 rings (SSSR count). The van der Waals surface area contributed by atoms with Crippen molar-refractivity contribution < 1.29 is 53.0 Å².